The summed E-state index contributed by atoms with van der Waals surface area (Å²) in [6, 6.07) is 1.63. The second-order valence-electron chi connectivity index (χ2n) is 4.56. The van der Waals surface area contributed by atoms with Gasteiger partial charge in [-0.2, -0.15) is 0 Å². The number of hydrogen-bond acceptors (Lipinski definition) is 3. The monoisotopic (exact) mass is 197 g/mol. The van der Waals surface area contributed by atoms with Crippen LogP contribution >= 0.6 is 0 Å². The molecule has 2 rings (SSSR count). The van der Waals surface area contributed by atoms with Crippen LogP contribution in [0.4, 0.5) is 0 Å². The van der Waals surface area contributed by atoms with E-state index < -0.39 is 0 Å². The standard InChI is InChI=1S/C10H19N3O/c1-7(2)11-10-13(4)8-5-12(3)6-9(8)14-10/h7-9H,5-6H2,1-4H3/b11-10-. The van der Waals surface area contributed by atoms with Crippen molar-refractivity contribution in [2.24, 2.45) is 4.99 Å². The Labute approximate surface area is 85.5 Å². The maximum absolute atomic E-state index is 5.81. The lowest BCUT2D eigenvalue weighted by Gasteiger charge is -2.18. The van der Waals surface area contributed by atoms with E-state index in [1.807, 2.05) is 0 Å². The van der Waals surface area contributed by atoms with E-state index >= 15 is 0 Å². The molecule has 0 bridgehead atoms. The summed E-state index contributed by atoms with van der Waals surface area (Å²) in [5.74, 6) is 0. The van der Waals surface area contributed by atoms with Gasteiger partial charge in [-0.3, -0.25) is 0 Å². The van der Waals surface area contributed by atoms with Gasteiger partial charge in [0.1, 0.15) is 6.10 Å². The first-order valence-corrected chi connectivity index (χ1v) is 5.23. The summed E-state index contributed by atoms with van der Waals surface area (Å²) in [6.45, 7) is 6.25. The largest absolute Gasteiger partial charge is 0.458 e. The number of fused-ring (bicyclic) bond motifs is 1. The van der Waals surface area contributed by atoms with Crippen LogP contribution in [0.5, 0.6) is 0 Å². The van der Waals surface area contributed by atoms with Crippen molar-refractivity contribution in [2.75, 3.05) is 27.2 Å². The Morgan fingerprint density at radius 2 is 2.07 bits per heavy atom. The smallest absolute Gasteiger partial charge is 0.288 e. The van der Waals surface area contributed by atoms with Crippen LogP contribution in [0.15, 0.2) is 4.99 Å². The molecule has 0 spiro atoms. The molecule has 0 radical (unpaired) electrons. The molecular weight excluding hydrogens is 178 g/mol. The number of likely N-dealkylation sites (N-methyl/N-ethyl adjacent to an activating group) is 2. The first kappa shape index (κ1) is 9.77. The molecule has 80 valence electrons. The minimum Gasteiger partial charge on any atom is -0.458 e. The van der Waals surface area contributed by atoms with Gasteiger partial charge in [0.15, 0.2) is 0 Å². The molecule has 0 N–H and O–H groups in total. The fourth-order valence-corrected chi connectivity index (χ4v) is 2.13. The van der Waals surface area contributed by atoms with E-state index in [1.165, 1.54) is 0 Å². The van der Waals surface area contributed by atoms with Gasteiger partial charge >= 0.3 is 0 Å². The van der Waals surface area contributed by atoms with Crippen LogP contribution < -0.4 is 0 Å². The topological polar surface area (TPSA) is 28.1 Å². The van der Waals surface area contributed by atoms with Crippen LogP contribution in [0.2, 0.25) is 0 Å². The number of nitrogens with zero attached hydrogens (tertiary/aromatic N) is 3. The summed E-state index contributed by atoms with van der Waals surface area (Å²) in [5, 5.41) is 0. The third kappa shape index (κ3) is 1.59. The molecular formula is C10H19N3O. The molecule has 0 aromatic carbocycles. The van der Waals surface area contributed by atoms with E-state index in [0.717, 1.165) is 19.1 Å². The van der Waals surface area contributed by atoms with Crippen molar-refractivity contribution in [1.29, 1.82) is 0 Å². The molecule has 2 unspecified atom stereocenters. The Kier molecular flexibility index (Phi) is 2.39. The van der Waals surface area contributed by atoms with Gasteiger partial charge < -0.3 is 14.5 Å². The number of rotatable bonds is 1. The second kappa shape index (κ2) is 3.42. The van der Waals surface area contributed by atoms with Crippen molar-refractivity contribution >= 4 is 6.02 Å². The third-order valence-corrected chi connectivity index (χ3v) is 2.84. The second-order valence-corrected chi connectivity index (χ2v) is 4.56. The van der Waals surface area contributed by atoms with Crippen molar-refractivity contribution < 1.29 is 4.74 Å². The summed E-state index contributed by atoms with van der Waals surface area (Å²) < 4.78 is 5.81. The Bertz CT molecular complexity index is 252. The van der Waals surface area contributed by atoms with E-state index in [0.29, 0.717) is 18.2 Å². The number of aliphatic imine (C=N–C) groups is 1. The molecule has 2 fully saturated rings. The summed E-state index contributed by atoms with van der Waals surface area (Å²) in [5.41, 5.74) is 0. The molecule has 0 saturated carbocycles. The predicted octanol–water partition coefficient (Wildman–Crippen LogP) is 0.395. The third-order valence-electron chi connectivity index (χ3n) is 2.84. The quantitative estimate of drug-likeness (QED) is 0.609. The molecule has 2 atom stereocenters. The lowest BCUT2D eigenvalue weighted by molar-refractivity contribution is 0.213. The highest BCUT2D eigenvalue weighted by Crippen LogP contribution is 2.24. The lowest BCUT2D eigenvalue weighted by atomic mass is 10.2. The predicted molar refractivity (Wildman–Crippen MR) is 56.5 cm³/mol. The van der Waals surface area contributed by atoms with Gasteiger partial charge in [-0.25, -0.2) is 4.99 Å². The van der Waals surface area contributed by atoms with Crippen molar-refractivity contribution in [3.8, 4) is 0 Å². The zero-order valence-corrected chi connectivity index (χ0v) is 9.40. The Hall–Kier alpha value is -0.770. The lowest BCUT2D eigenvalue weighted by Crippen LogP contribution is -2.34. The average Bonchev–Trinajstić information content (AvgIpc) is 2.53. The van der Waals surface area contributed by atoms with Gasteiger partial charge in [0.05, 0.1) is 6.04 Å². The molecule has 2 saturated heterocycles. The van der Waals surface area contributed by atoms with Gasteiger partial charge in [0.2, 0.25) is 0 Å². The van der Waals surface area contributed by atoms with Crippen LogP contribution in [-0.2, 0) is 4.74 Å². The van der Waals surface area contributed by atoms with Crippen molar-refractivity contribution in [3.05, 3.63) is 0 Å². The normalized spacial score (nSPS) is 35.5. The maximum Gasteiger partial charge on any atom is 0.288 e. The van der Waals surface area contributed by atoms with E-state index in [4.69, 9.17) is 4.74 Å². The number of ether oxygens (including phenoxy) is 1. The molecule has 2 aliphatic rings. The number of likely N-dealkylation sites (tertiary alicyclic amines) is 1. The average molecular weight is 197 g/mol. The maximum atomic E-state index is 5.81. The summed E-state index contributed by atoms with van der Waals surface area (Å²) in [6.07, 6.45) is 0.322. The molecule has 14 heavy (non-hydrogen) atoms. The zero-order chi connectivity index (χ0) is 10.3. The van der Waals surface area contributed by atoms with Crippen LogP contribution in [0.25, 0.3) is 0 Å². The van der Waals surface area contributed by atoms with Crippen molar-refractivity contribution in [1.82, 2.24) is 9.80 Å². The minimum atomic E-state index is 0.309. The van der Waals surface area contributed by atoms with Crippen LogP contribution in [-0.4, -0.2) is 61.2 Å². The van der Waals surface area contributed by atoms with E-state index in [-0.39, 0.29) is 0 Å². The number of hydrogen-bond donors (Lipinski definition) is 0. The van der Waals surface area contributed by atoms with Gasteiger partial charge in [-0.05, 0) is 20.9 Å². The summed E-state index contributed by atoms with van der Waals surface area (Å²) in [4.78, 5) is 8.95. The van der Waals surface area contributed by atoms with Crippen LogP contribution in [0, 0.1) is 0 Å². The van der Waals surface area contributed by atoms with Gasteiger partial charge in [-0.15, -0.1) is 0 Å². The molecule has 0 amide bonds. The molecule has 0 aromatic rings. The fraction of sp³-hybridized carbons (Fsp3) is 0.900. The molecule has 4 nitrogen and oxygen atoms in total. The van der Waals surface area contributed by atoms with E-state index in [9.17, 15) is 0 Å². The molecule has 4 heteroatoms. The highest BCUT2D eigenvalue weighted by atomic mass is 16.5. The Morgan fingerprint density at radius 1 is 1.36 bits per heavy atom. The Balaban J connectivity index is 2.09. The number of amidine groups is 1. The first-order valence-electron chi connectivity index (χ1n) is 5.23. The van der Waals surface area contributed by atoms with Gasteiger partial charge in [0.25, 0.3) is 6.02 Å². The van der Waals surface area contributed by atoms with Crippen LogP contribution in [0.3, 0.4) is 0 Å². The van der Waals surface area contributed by atoms with Crippen molar-refractivity contribution in [2.45, 2.75) is 32.0 Å². The molecule has 0 aromatic heterocycles. The minimum absolute atomic E-state index is 0.309. The fourth-order valence-electron chi connectivity index (χ4n) is 2.13. The van der Waals surface area contributed by atoms with Gasteiger partial charge in [0, 0.05) is 26.2 Å². The molecule has 2 heterocycles. The van der Waals surface area contributed by atoms with Crippen LogP contribution in [0.1, 0.15) is 13.8 Å². The molecule has 2 aliphatic heterocycles. The SMILES string of the molecule is CC(C)/N=C1\OC2CN(C)CC2N1C. The highest BCUT2D eigenvalue weighted by molar-refractivity contribution is 5.76. The summed E-state index contributed by atoms with van der Waals surface area (Å²) >= 11 is 0. The highest BCUT2D eigenvalue weighted by Gasteiger charge is 2.43. The first-order chi connectivity index (χ1) is 6.58. The van der Waals surface area contributed by atoms with Gasteiger partial charge in [-0.1, -0.05) is 0 Å². The van der Waals surface area contributed by atoms with E-state index in [2.05, 4.69) is 42.7 Å². The zero-order valence-electron chi connectivity index (χ0n) is 9.40. The Morgan fingerprint density at radius 3 is 2.64 bits per heavy atom. The van der Waals surface area contributed by atoms with E-state index in [1.54, 1.807) is 0 Å². The molecule has 0 aliphatic carbocycles. The van der Waals surface area contributed by atoms with Crippen molar-refractivity contribution in [3.63, 3.8) is 0 Å². The summed E-state index contributed by atoms with van der Waals surface area (Å²) in [7, 11) is 4.21.